The van der Waals surface area contributed by atoms with E-state index in [0.717, 1.165) is 11.1 Å². The van der Waals surface area contributed by atoms with E-state index in [2.05, 4.69) is 20.7 Å². The molecule has 0 aliphatic carbocycles. The van der Waals surface area contributed by atoms with Gasteiger partial charge in [-0.1, -0.05) is 12.1 Å². The Kier molecular flexibility index (Phi) is 3.69. The van der Waals surface area contributed by atoms with E-state index >= 15 is 0 Å². The second kappa shape index (κ2) is 5.42. The van der Waals surface area contributed by atoms with E-state index in [4.69, 9.17) is 5.84 Å². The van der Waals surface area contributed by atoms with Crippen molar-refractivity contribution >= 4 is 11.6 Å². The van der Waals surface area contributed by atoms with E-state index in [1.54, 1.807) is 6.07 Å². The molecule has 0 saturated carbocycles. The number of nitrogen functional groups attached to an aromatic ring is 1. The van der Waals surface area contributed by atoms with Crippen molar-refractivity contribution in [2.24, 2.45) is 5.84 Å². The van der Waals surface area contributed by atoms with Gasteiger partial charge in [-0.3, -0.25) is 0 Å². The van der Waals surface area contributed by atoms with Crippen molar-refractivity contribution in [2.45, 2.75) is 13.5 Å². The zero-order valence-corrected chi connectivity index (χ0v) is 9.94. The molecule has 0 unspecified atom stereocenters. The van der Waals surface area contributed by atoms with Crippen LogP contribution >= 0.6 is 0 Å². The van der Waals surface area contributed by atoms with Crippen LogP contribution in [-0.2, 0) is 6.54 Å². The molecule has 0 fully saturated rings. The summed E-state index contributed by atoms with van der Waals surface area (Å²) in [4.78, 5) is 8.09. The largest absolute Gasteiger partial charge is 0.366 e. The Labute approximate surface area is 104 Å². The van der Waals surface area contributed by atoms with Crippen LogP contribution in [0, 0.1) is 12.7 Å². The molecule has 18 heavy (non-hydrogen) atoms. The fourth-order valence-corrected chi connectivity index (χ4v) is 1.61. The molecule has 0 bridgehead atoms. The average Bonchev–Trinajstić information content (AvgIpc) is 2.38. The molecule has 0 saturated heterocycles. The van der Waals surface area contributed by atoms with Crippen molar-refractivity contribution in [3.05, 3.63) is 47.5 Å². The first kappa shape index (κ1) is 12.3. The summed E-state index contributed by atoms with van der Waals surface area (Å²) in [7, 11) is 0. The third-order valence-electron chi connectivity index (χ3n) is 2.57. The van der Waals surface area contributed by atoms with Gasteiger partial charge in [-0.2, -0.15) is 0 Å². The predicted octanol–water partition coefficient (Wildman–Crippen LogP) is 1.82. The third kappa shape index (κ3) is 2.72. The molecular formula is C12H14FN5. The molecule has 0 amide bonds. The lowest BCUT2D eigenvalue weighted by Gasteiger charge is -2.10. The minimum absolute atomic E-state index is 0.252. The molecule has 1 aromatic heterocycles. The number of nitrogens with two attached hydrogens (primary N) is 1. The molecule has 0 spiro atoms. The van der Waals surface area contributed by atoms with Gasteiger partial charge in [-0.05, 0) is 24.6 Å². The van der Waals surface area contributed by atoms with E-state index in [1.165, 1.54) is 18.5 Å². The number of hydrazine groups is 1. The molecule has 2 rings (SSSR count). The molecule has 1 aromatic carbocycles. The lowest BCUT2D eigenvalue weighted by Crippen LogP contribution is -2.12. The molecule has 0 atom stereocenters. The zero-order chi connectivity index (χ0) is 13.0. The monoisotopic (exact) mass is 247 g/mol. The second-order valence-corrected chi connectivity index (χ2v) is 3.82. The van der Waals surface area contributed by atoms with Crippen molar-refractivity contribution in [1.29, 1.82) is 0 Å². The minimum Gasteiger partial charge on any atom is -0.366 e. The van der Waals surface area contributed by atoms with Crippen LogP contribution in [0.1, 0.15) is 11.1 Å². The summed E-state index contributed by atoms with van der Waals surface area (Å²) < 4.78 is 13.0. The molecule has 94 valence electrons. The number of hydrogen-bond acceptors (Lipinski definition) is 5. The van der Waals surface area contributed by atoms with Crippen molar-refractivity contribution in [1.82, 2.24) is 9.97 Å². The highest BCUT2D eigenvalue weighted by molar-refractivity contribution is 5.55. The highest BCUT2D eigenvalue weighted by Gasteiger charge is 2.05. The smallest absolute Gasteiger partial charge is 0.148 e. The van der Waals surface area contributed by atoms with Crippen LogP contribution in [0.25, 0.3) is 0 Å². The molecule has 6 heteroatoms. The first-order valence-electron chi connectivity index (χ1n) is 5.47. The highest BCUT2D eigenvalue weighted by Crippen LogP contribution is 2.17. The molecule has 1 heterocycles. The summed E-state index contributed by atoms with van der Waals surface area (Å²) in [6, 6.07) is 6.41. The Morgan fingerprint density at radius 3 is 2.78 bits per heavy atom. The van der Waals surface area contributed by atoms with Crippen LogP contribution in [-0.4, -0.2) is 9.97 Å². The van der Waals surface area contributed by atoms with Gasteiger partial charge >= 0.3 is 0 Å². The zero-order valence-electron chi connectivity index (χ0n) is 9.94. The van der Waals surface area contributed by atoms with Crippen LogP contribution in [0.15, 0.2) is 30.6 Å². The number of anilines is 2. The first-order valence-corrected chi connectivity index (χ1v) is 5.47. The number of nitrogens with one attached hydrogen (secondary N) is 2. The standard InChI is InChI=1S/C12H14FN5/c1-8-11(16-7-17-12(8)18-14)15-6-9-3-2-4-10(13)5-9/h2-5,7H,6,14H2,1H3,(H2,15,16,17,18). The molecule has 5 nitrogen and oxygen atoms in total. The Balaban J connectivity index is 2.11. The second-order valence-electron chi connectivity index (χ2n) is 3.82. The molecule has 2 aromatic rings. The van der Waals surface area contributed by atoms with E-state index in [-0.39, 0.29) is 5.82 Å². The van der Waals surface area contributed by atoms with Crippen molar-refractivity contribution in [3.63, 3.8) is 0 Å². The SMILES string of the molecule is Cc1c(NN)ncnc1NCc1cccc(F)c1. The minimum atomic E-state index is -0.252. The number of aromatic nitrogens is 2. The number of rotatable bonds is 4. The quantitative estimate of drug-likeness (QED) is 0.567. The maximum Gasteiger partial charge on any atom is 0.148 e. The van der Waals surface area contributed by atoms with E-state index in [9.17, 15) is 4.39 Å². The normalized spacial score (nSPS) is 10.2. The Morgan fingerprint density at radius 1 is 1.28 bits per heavy atom. The van der Waals surface area contributed by atoms with E-state index in [1.807, 2.05) is 13.0 Å². The summed E-state index contributed by atoms with van der Waals surface area (Å²) in [5.41, 5.74) is 4.15. The maximum atomic E-state index is 13.0. The van der Waals surface area contributed by atoms with E-state index in [0.29, 0.717) is 18.2 Å². The molecule has 0 aliphatic heterocycles. The average molecular weight is 247 g/mol. The van der Waals surface area contributed by atoms with Crippen LogP contribution in [0.3, 0.4) is 0 Å². The van der Waals surface area contributed by atoms with Crippen molar-refractivity contribution in [3.8, 4) is 0 Å². The number of halogens is 1. The van der Waals surface area contributed by atoms with E-state index < -0.39 is 0 Å². The van der Waals surface area contributed by atoms with Gasteiger partial charge in [-0.15, -0.1) is 0 Å². The summed E-state index contributed by atoms with van der Waals surface area (Å²) >= 11 is 0. The van der Waals surface area contributed by atoms with Gasteiger partial charge in [0.2, 0.25) is 0 Å². The van der Waals surface area contributed by atoms with Gasteiger partial charge in [-0.25, -0.2) is 20.2 Å². The first-order chi connectivity index (χ1) is 8.70. The highest BCUT2D eigenvalue weighted by atomic mass is 19.1. The molecule has 0 aliphatic rings. The van der Waals surface area contributed by atoms with Crippen molar-refractivity contribution < 1.29 is 4.39 Å². The lowest BCUT2D eigenvalue weighted by molar-refractivity contribution is 0.626. The Bertz CT molecular complexity index is 544. The van der Waals surface area contributed by atoms with Gasteiger partial charge in [0, 0.05) is 12.1 Å². The number of benzene rings is 1. The van der Waals surface area contributed by atoms with Gasteiger partial charge < -0.3 is 10.7 Å². The number of nitrogens with zero attached hydrogens (tertiary/aromatic N) is 2. The summed E-state index contributed by atoms with van der Waals surface area (Å²) in [5, 5.41) is 3.12. The van der Waals surface area contributed by atoms with Crippen LogP contribution in [0.4, 0.5) is 16.0 Å². The molecular weight excluding hydrogens is 233 g/mol. The summed E-state index contributed by atoms with van der Waals surface area (Å²) in [6.45, 7) is 2.34. The Hall–Kier alpha value is -2.21. The van der Waals surface area contributed by atoms with Crippen LogP contribution in [0.2, 0.25) is 0 Å². The summed E-state index contributed by atoms with van der Waals surface area (Å²) in [6.07, 6.45) is 1.41. The van der Waals surface area contributed by atoms with Gasteiger partial charge in [0.1, 0.15) is 23.8 Å². The van der Waals surface area contributed by atoms with Gasteiger partial charge in [0.05, 0.1) is 0 Å². The topological polar surface area (TPSA) is 75.9 Å². The third-order valence-corrected chi connectivity index (χ3v) is 2.57. The summed E-state index contributed by atoms with van der Waals surface area (Å²) in [5.74, 6) is 6.31. The Morgan fingerprint density at radius 2 is 2.06 bits per heavy atom. The number of hydrogen-bond donors (Lipinski definition) is 3. The van der Waals surface area contributed by atoms with Crippen LogP contribution < -0.4 is 16.6 Å². The van der Waals surface area contributed by atoms with Gasteiger partial charge in [0.25, 0.3) is 0 Å². The van der Waals surface area contributed by atoms with Gasteiger partial charge in [0.15, 0.2) is 0 Å². The fourth-order valence-electron chi connectivity index (χ4n) is 1.61. The lowest BCUT2D eigenvalue weighted by atomic mass is 10.2. The maximum absolute atomic E-state index is 13.0. The van der Waals surface area contributed by atoms with Crippen LogP contribution in [0.5, 0.6) is 0 Å². The predicted molar refractivity (Wildman–Crippen MR) is 68.3 cm³/mol. The fraction of sp³-hybridized carbons (Fsp3) is 0.167. The molecule has 4 N–H and O–H groups in total. The van der Waals surface area contributed by atoms with Crippen molar-refractivity contribution in [2.75, 3.05) is 10.7 Å². The molecule has 0 radical (unpaired) electrons.